The predicted octanol–water partition coefficient (Wildman–Crippen LogP) is -0.503. The summed E-state index contributed by atoms with van der Waals surface area (Å²) in [4.78, 5) is 18.2. The molecule has 0 bridgehead atoms. The van der Waals surface area contributed by atoms with Crippen LogP contribution in [-0.4, -0.2) is 33.6 Å². The van der Waals surface area contributed by atoms with Gasteiger partial charge in [-0.2, -0.15) is 0 Å². The third-order valence-electron chi connectivity index (χ3n) is 1.40. The standard InChI is InChI=1S/C7H9BrN4O2/c8-4-1-10-7(11-2-4)12-3-5(13)6(9)14/h1-2,5,13H,3H2,(H2,9,14)(H,10,11,12). The molecule has 7 heteroatoms. The van der Waals surface area contributed by atoms with Crippen LogP contribution in [0, 0.1) is 0 Å². The van der Waals surface area contributed by atoms with Crippen LogP contribution in [0.25, 0.3) is 0 Å². The van der Waals surface area contributed by atoms with Crippen LogP contribution in [-0.2, 0) is 4.79 Å². The molecule has 0 saturated heterocycles. The smallest absolute Gasteiger partial charge is 0.248 e. The Labute approximate surface area is 88.7 Å². The molecular weight excluding hydrogens is 252 g/mol. The lowest BCUT2D eigenvalue weighted by Gasteiger charge is -2.07. The fourth-order valence-electron chi connectivity index (χ4n) is 0.692. The third kappa shape index (κ3) is 3.27. The molecule has 1 rings (SSSR count). The summed E-state index contributed by atoms with van der Waals surface area (Å²) in [5.41, 5.74) is 4.85. The molecule has 0 aliphatic rings. The molecule has 14 heavy (non-hydrogen) atoms. The van der Waals surface area contributed by atoms with Crippen LogP contribution in [0.2, 0.25) is 0 Å². The fourth-order valence-corrected chi connectivity index (χ4v) is 0.897. The highest BCUT2D eigenvalue weighted by atomic mass is 79.9. The molecule has 76 valence electrons. The number of aliphatic hydroxyl groups excluding tert-OH is 1. The van der Waals surface area contributed by atoms with Crippen LogP contribution < -0.4 is 11.1 Å². The fraction of sp³-hybridized carbons (Fsp3) is 0.286. The second kappa shape index (κ2) is 4.87. The van der Waals surface area contributed by atoms with Crippen molar-refractivity contribution in [2.24, 2.45) is 5.73 Å². The number of nitrogens with zero attached hydrogens (tertiary/aromatic N) is 2. The molecule has 1 aromatic heterocycles. The van der Waals surface area contributed by atoms with Gasteiger partial charge in [-0.1, -0.05) is 0 Å². The molecule has 1 atom stereocenters. The van der Waals surface area contributed by atoms with Crippen molar-refractivity contribution in [3.05, 3.63) is 16.9 Å². The van der Waals surface area contributed by atoms with Gasteiger partial charge in [-0.05, 0) is 15.9 Å². The normalized spacial score (nSPS) is 12.1. The van der Waals surface area contributed by atoms with Crippen LogP contribution in [0.3, 0.4) is 0 Å². The number of amides is 1. The Balaban J connectivity index is 2.46. The molecule has 0 aliphatic heterocycles. The van der Waals surface area contributed by atoms with Crippen molar-refractivity contribution in [3.63, 3.8) is 0 Å². The Kier molecular flexibility index (Phi) is 3.78. The third-order valence-corrected chi connectivity index (χ3v) is 1.81. The van der Waals surface area contributed by atoms with Crippen LogP contribution in [0.1, 0.15) is 0 Å². The first kappa shape index (κ1) is 10.9. The zero-order chi connectivity index (χ0) is 10.6. The van der Waals surface area contributed by atoms with Crippen LogP contribution in [0.5, 0.6) is 0 Å². The minimum atomic E-state index is -1.23. The van der Waals surface area contributed by atoms with Crippen LogP contribution in [0.4, 0.5) is 5.95 Å². The van der Waals surface area contributed by atoms with Crippen molar-refractivity contribution in [2.75, 3.05) is 11.9 Å². The van der Waals surface area contributed by atoms with E-state index in [0.717, 1.165) is 4.47 Å². The second-order valence-electron chi connectivity index (χ2n) is 2.52. The summed E-state index contributed by atoms with van der Waals surface area (Å²) in [5, 5.41) is 11.7. The Morgan fingerprint density at radius 1 is 1.64 bits per heavy atom. The number of aliphatic hydroxyl groups is 1. The van der Waals surface area contributed by atoms with Crippen molar-refractivity contribution >= 4 is 27.8 Å². The highest BCUT2D eigenvalue weighted by Crippen LogP contribution is 2.06. The molecule has 0 aliphatic carbocycles. The first-order valence-corrected chi connectivity index (χ1v) is 4.57. The summed E-state index contributed by atoms with van der Waals surface area (Å²) in [6.45, 7) is -0.00301. The van der Waals surface area contributed by atoms with Gasteiger partial charge >= 0.3 is 0 Å². The summed E-state index contributed by atoms with van der Waals surface area (Å²) >= 11 is 3.17. The van der Waals surface area contributed by atoms with E-state index in [1.165, 1.54) is 0 Å². The van der Waals surface area contributed by atoms with E-state index in [0.29, 0.717) is 5.95 Å². The van der Waals surface area contributed by atoms with Gasteiger partial charge < -0.3 is 16.2 Å². The van der Waals surface area contributed by atoms with Gasteiger partial charge in [-0.25, -0.2) is 9.97 Å². The molecule has 1 heterocycles. The van der Waals surface area contributed by atoms with Gasteiger partial charge in [0.25, 0.3) is 0 Å². The van der Waals surface area contributed by atoms with E-state index in [2.05, 4.69) is 31.2 Å². The van der Waals surface area contributed by atoms with Crippen molar-refractivity contribution < 1.29 is 9.90 Å². The summed E-state index contributed by atoms with van der Waals surface area (Å²) in [6, 6.07) is 0. The highest BCUT2D eigenvalue weighted by Gasteiger charge is 2.10. The SMILES string of the molecule is NC(=O)C(O)CNc1ncc(Br)cn1. The van der Waals surface area contributed by atoms with E-state index in [1.807, 2.05) is 0 Å². The van der Waals surface area contributed by atoms with Crippen molar-refractivity contribution in [2.45, 2.75) is 6.10 Å². The number of hydrogen-bond donors (Lipinski definition) is 3. The van der Waals surface area contributed by atoms with E-state index in [4.69, 9.17) is 10.8 Å². The maximum atomic E-state index is 10.5. The number of hydrogen-bond acceptors (Lipinski definition) is 5. The van der Waals surface area contributed by atoms with Crippen molar-refractivity contribution in [1.29, 1.82) is 0 Å². The number of rotatable bonds is 4. The molecule has 0 fully saturated rings. The number of nitrogens with two attached hydrogens (primary N) is 1. The first-order valence-electron chi connectivity index (χ1n) is 3.78. The number of carbonyl (C=O) groups is 1. The van der Waals surface area contributed by atoms with Crippen LogP contribution in [0.15, 0.2) is 16.9 Å². The maximum absolute atomic E-state index is 10.5. The van der Waals surface area contributed by atoms with E-state index in [-0.39, 0.29) is 6.54 Å². The quantitative estimate of drug-likeness (QED) is 0.678. The number of halogens is 1. The summed E-state index contributed by atoms with van der Waals surface area (Å²) in [6.07, 6.45) is 1.86. The zero-order valence-corrected chi connectivity index (χ0v) is 8.73. The molecule has 1 amide bonds. The topological polar surface area (TPSA) is 101 Å². The Morgan fingerprint density at radius 3 is 2.71 bits per heavy atom. The van der Waals surface area contributed by atoms with Crippen molar-refractivity contribution in [1.82, 2.24) is 9.97 Å². The van der Waals surface area contributed by atoms with Gasteiger partial charge in [-0.15, -0.1) is 0 Å². The average Bonchev–Trinajstić information content (AvgIpc) is 2.16. The summed E-state index contributed by atoms with van der Waals surface area (Å²) in [7, 11) is 0. The van der Waals surface area contributed by atoms with Gasteiger partial charge in [0.05, 0.1) is 11.0 Å². The number of carbonyl (C=O) groups excluding carboxylic acids is 1. The zero-order valence-electron chi connectivity index (χ0n) is 7.14. The largest absolute Gasteiger partial charge is 0.381 e. The molecule has 6 nitrogen and oxygen atoms in total. The van der Waals surface area contributed by atoms with Gasteiger partial charge in [-0.3, -0.25) is 4.79 Å². The number of primary amides is 1. The first-order chi connectivity index (χ1) is 6.59. The number of nitrogens with one attached hydrogen (secondary N) is 1. The second-order valence-corrected chi connectivity index (χ2v) is 3.44. The lowest BCUT2D eigenvalue weighted by molar-refractivity contribution is -0.125. The van der Waals surface area contributed by atoms with E-state index in [9.17, 15) is 4.79 Å². The molecule has 1 aromatic rings. The summed E-state index contributed by atoms with van der Waals surface area (Å²) in [5.74, 6) is -0.455. The lowest BCUT2D eigenvalue weighted by atomic mass is 10.3. The molecule has 1 unspecified atom stereocenters. The molecule has 0 saturated carbocycles. The van der Waals surface area contributed by atoms with Gasteiger partial charge in [0.2, 0.25) is 11.9 Å². The molecule has 0 spiro atoms. The molecule has 0 aromatic carbocycles. The summed E-state index contributed by atoms with van der Waals surface area (Å²) < 4.78 is 0.749. The van der Waals surface area contributed by atoms with Crippen LogP contribution >= 0.6 is 15.9 Å². The Morgan fingerprint density at radius 2 is 2.21 bits per heavy atom. The van der Waals surface area contributed by atoms with Gasteiger partial charge in [0, 0.05) is 12.4 Å². The number of aromatic nitrogens is 2. The van der Waals surface area contributed by atoms with Gasteiger partial charge in [0.1, 0.15) is 6.10 Å². The van der Waals surface area contributed by atoms with Crippen molar-refractivity contribution in [3.8, 4) is 0 Å². The minimum absolute atomic E-state index is 0.00301. The maximum Gasteiger partial charge on any atom is 0.248 e. The average molecular weight is 261 g/mol. The molecule has 0 radical (unpaired) electrons. The van der Waals surface area contributed by atoms with E-state index >= 15 is 0 Å². The molecule has 4 N–H and O–H groups in total. The lowest BCUT2D eigenvalue weighted by Crippen LogP contribution is -2.34. The Hall–Kier alpha value is -1.21. The predicted molar refractivity (Wildman–Crippen MR) is 53.4 cm³/mol. The molecular formula is C7H9BrN4O2. The highest BCUT2D eigenvalue weighted by molar-refractivity contribution is 9.10. The minimum Gasteiger partial charge on any atom is -0.381 e. The number of anilines is 1. The Bertz CT molecular complexity index is 316. The van der Waals surface area contributed by atoms with Gasteiger partial charge in [0.15, 0.2) is 0 Å². The monoisotopic (exact) mass is 260 g/mol. The van der Waals surface area contributed by atoms with E-state index in [1.54, 1.807) is 12.4 Å². The van der Waals surface area contributed by atoms with E-state index < -0.39 is 12.0 Å².